The maximum absolute atomic E-state index is 6.21. The molecule has 0 saturated carbocycles. The number of hydrogen-bond donors (Lipinski definition) is 0. The summed E-state index contributed by atoms with van der Waals surface area (Å²) in [5, 5.41) is 0.864. The lowest BCUT2D eigenvalue weighted by Crippen LogP contribution is -1.82. The van der Waals surface area contributed by atoms with Crippen LogP contribution in [0.4, 0.5) is 0 Å². The molecule has 3 heteroatoms. The van der Waals surface area contributed by atoms with Crippen LogP contribution < -0.4 is 0 Å². The zero-order valence-corrected chi connectivity index (χ0v) is 13.1. The van der Waals surface area contributed by atoms with Crippen molar-refractivity contribution in [1.82, 2.24) is 0 Å². The van der Waals surface area contributed by atoms with Crippen LogP contribution in [0, 0.1) is 3.57 Å². The molecule has 0 atom stereocenters. The second-order valence-corrected chi connectivity index (χ2v) is 6.46. The lowest BCUT2D eigenvalue weighted by Gasteiger charge is -2.05. The SMILES string of the molecule is CCc1ccc(Sc2ccc(I)cc2)cc1Cl. The maximum Gasteiger partial charge on any atom is 0.0449 e. The second-order valence-electron chi connectivity index (χ2n) is 3.66. The van der Waals surface area contributed by atoms with E-state index >= 15 is 0 Å². The molecule has 2 rings (SSSR count). The molecule has 0 saturated heterocycles. The topological polar surface area (TPSA) is 0 Å². The van der Waals surface area contributed by atoms with E-state index in [4.69, 9.17) is 11.6 Å². The van der Waals surface area contributed by atoms with Crippen LogP contribution in [0.3, 0.4) is 0 Å². The number of halogens is 2. The number of benzene rings is 2. The average Bonchev–Trinajstić information content (AvgIpc) is 2.32. The summed E-state index contributed by atoms with van der Waals surface area (Å²) >= 11 is 10.3. The fourth-order valence-corrected chi connectivity index (χ4v) is 3.11. The Balaban J connectivity index is 2.19. The van der Waals surface area contributed by atoms with Gasteiger partial charge in [-0.3, -0.25) is 0 Å². The fourth-order valence-electron chi connectivity index (χ4n) is 1.52. The van der Waals surface area contributed by atoms with Gasteiger partial charge in [-0.1, -0.05) is 36.4 Å². The van der Waals surface area contributed by atoms with Crippen LogP contribution in [0.1, 0.15) is 12.5 Å². The Morgan fingerprint density at radius 1 is 1.06 bits per heavy atom. The predicted molar refractivity (Wildman–Crippen MR) is 84.1 cm³/mol. The molecule has 0 unspecified atom stereocenters. The number of aryl methyl sites for hydroxylation is 1. The third kappa shape index (κ3) is 3.63. The normalized spacial score (nSPS) is 10.5. The molecule has 0 aliphatic heterocycles. The summed E-state index contributed by atoms with van der Waals surface area (Å²) in [7, 11) is 0. The number of rotatable bonds is 3. The largest absolute Gasteiger partial charge is 0.0900 e. The van der Waals surface area contributed by atoms with E-state index in [9.17, 15) is 0 Å². The van der Waals surface area contributed by atoms with Crippen LogP contribution >= 0.6 is 46.0 Å². The summed E-state index contributed by atoms with van der Waals surface area (Å²) in [6.07, 6.45) is 0.979. The summed E-state index contributed by atoms with van der Waals surface area (Å²) in [5.41, 5.74) is 1.21. The van der Waals surface area contributed by atoms with Gasteiger partial charge in [0.25, 0.3) is 0 Å². The summed E-state index contributed by atoms with van der Waals surface area (Å²) in [6.45, 7) is 2.12. The van der Waals surface area contributed by atoms with E-state index in [1.807, 2.05) is 6.07 Å². The Kier molecular flexibility index (Phi) is 4.77. The maximum atomic E-state index is 6.21. The molecule has 0 spiro atoms. The van der Waals surface area contributed by atoms with Crippen molar-refractivity contribution in [2.45, 2.75) is 23.1 Å². The molecule has 0 nitrogen and oxygen atoms in total. The minimum atomic E-state index is 0.864. The lowest BCUT2D eigenvalue weighted by molar-refractivity contribution is 1.13. The highest BCUT2D eigenvalue weighted by Crippen LogP contribution is 2.31. The Hall–Kier alpha value is -0.190. The predicted octanol–water partition coefficient (Wildman–Crippen LogP) is 5.66. The van der Waals surface area contributed by atoms with Gasteiger partial charge >= 0.3 is 0 Å². The highest BCUT2D eigenvalue weighted by molar-refractivity contribution is 14.1. The van der Waals surface area contributed by atoms with Crippen molar-refractivity contribution in [1.29, 1.82) is 0 Å². The van der Waals surface area contributed by atoms with Gasteiger partial charge in [-0.15, -0.1) is 0 Å². The smallest absolute Gasteiger partial charge is 0.0449 e. The highest BCUT2D eigenvalue weighted by Gasteiger charge is 2.02. The standard InChI is InChI=1S/C14H12ClIS/c1-2-10-3-6-13(9-14(10)15)17-12-7-4-11(16)5-8-12/h3-9H,2H2,1H3. The molecule has 2 aromatic carbocycles. The third-order valence-electron chi connectivity index (χ3n) is 2.45. The van der Waals surface area contributed by atoms with Gasteiger partial charge < -0.3 is 0 Å². The summed E-state index contributed by atoms with van der Waals surface area (Å²) in [6, 6.07) is 14.8. The zero-order valence-electron chi connectivity index (χ0n) is 9.41. The van der Waals surface area contributed by atoms with Gasteiger partial charge in [0.1, 0.15) is 0 Å². The van der Waals surface area contributed by atoms with Crippen molar-refractivity contribution < 1.29 is 0 Å². The molecule has 0 radical (unpaired) electrons. The minimum absolute atomic E-state index is 0.864. The fraction of sp³-hybridized carbons (Fsp3) is 0.143. The van der Waals surface area contributed by atoms with Crippen molar-refractivity contribution in [3.05, 3.63) is 56.6 Å². The van der Waals surface area contributed by atoms with Crippen LogP contribution in [0.25, 0.3) is 0 Å². The molecule has 0 N–H and O–H groups in total. The van der Waals surface area contributed by atoms with Gasteiger partial charge in [-0.2, -0.15) is 0 Å². The van der Waals surface area contributed by atoms with Gasteiger partial charge in [0.2, 0.25) is 0 Å². The molecule has 0 aliphatic carbocycles. The first-order chi connectivity index (χ1) is 8.19. The Bertz CT molecular complexity index is 508. The summed E-state index contributed by atoms with van der Waals surface area (Å²) in [4.78, 5) is 2.43. The van der Waals surface area contributed by atoms with E-state index in [0.29, 0.717) is 0 Å². The number of hydrogen-bond acceptors (Lipinski definition) is 1. The van der Waals surface area contributed by atoms with Crippen LogP contribution in [-0.2, 0) is 6.42 Å². The van der Waals surface area contributed by atoms with Crippen molar-refractivity contribution in [2.24, 2.45) is 0 Å². The molecular weight excluding hydrogens is 363 g/mol. The van der Waals surface area contributed by atoms with E-state index in [1.54, 1.807) is 11.8 Å². The van der Waals surface area contributed by atoms with Crippen LogP contribution in [0.5, 0.6) is 0 Å². The molecule has 0 heterocycles. The first-order valence-electron chi connectivity index (χ1n) is 5.41. The first kappa shape index (κ1) is 13.2. The minimum Gasteiger partial charge on any atom is -0.0900 e. The quantitative estimate of drug-likeness (QED) is 0.625. The molecule has 2 aromatic rings. The monoisotopic (exact) mass is 374 g/mol. The Morgan fingerprint density at radius 2 is 1.71 bits per heavy atom. The van der Waals surface area contributed by atoms with Crippen LogP contribution in [-0.4, -0.2) is 0 Å². The van der Waals surface area contributed by atoms with Crippen molar-refractivity contribution in [2.75, 3.05) is 0 Å². The first-order valence-corrected chi connectivity index (χ1v) is 7.68. The molecule has 0 fully saturated rings. The van der Waals surface area contributed by atoms with E-state index < -0.39 is 0 Å². The molecule has 0 amide bonds. The van der Waals surface area contributed by atoms with Crippen LogP contribution in [0.15, 0.2) is 52.3 Å². The van der Waals surface area contributed by atoms with Crippen molar-refractivity contribution >= 4 is 46.0 Å². The van der Waals surface area contributed by atoms with E-state index in [0.717, 1.165) is 11.4 Å². The van der Waals surface area contributed by atoms with Gasteiger partial charge in [-0.05, 0) is 71.0 Å². The zero-order chi connectivity index (χ0) is 12.3. The van der Waals surface area contributed by atoms with Gasteiger partial charge in [0.05, 0.1) is 0 Å². The van der Waals surface area contributed by atoms with E-state index in [-0.39, 0.29) is 0 Å². The van der Waals surface area contributed by atoms with Gasteiger partial charge in [0, 0.05) is 18.4 Å². The lowest BCUT2D eigenvalue weighted by atomic mass is 10.2. The summed E-state index contributed by atoms with van der Waals surface area (Å²) in [5.74, 6) is 0. The molecule has 0 aromatic heterocycles. The van der Waals surface area contributed by atoms with Crippen molar-refractivity contribution in [3.63, 3.8) is 0 Å². The van der Waals surface area contributed by atoms with Gasteiger partial charge in [-0.25, -0.2) is 0 Å². The highest BCUT2D eigenvalue weighted by atomic mass is 127. The average molecular weight is 375 g/mol. The Morgan fingerprint density at radius 3 is 2.29 bits per heavy atom. The molecule has 17 heavy (non-hydrogen) atoms. The molecule has 0 bridgehead atoms. The summed E-state index contributed by atoms with van der Waals surface area (Å²) < 4.78 is 1.26. The molecular formula is C14H12ClIS. The van der Waals surface area contributed by atoms with Crippen molar-refractivity contribution in [3.8, 4) is 0 Å². The molecule has 88 valence electrons. The molecule has 0 aliphatic rings. The van der Waals surface area contributed by atoms with E-state index in [1.165, 1.54) is 18.9 Å². The van der Waals surface area contributed by atoms with Gasteiger partial charge in [0.15, 0.2) is 0 Å². The van der Waals surface area contributed by atoms with Crippen LogP contribution in [0.2, 0.25) is 5.02 Å². The third-order valence-corrected chi connectivity index (χ3v) is 4.52. The second kappa shape index (κ2) is 6.12. The Labute approximate surface area is 125 Å². The van der Waals surface area contributed by atoms with E-state index in [2.05, 4.69) is 65.9 Å².